The van der Waals surface area contributed by atoms with Crippen molar-refractivity contribution in [1.82, 2.24) is 4.73 Å². The van der Waals surface area contributed by atoms with E-state index in [9.17, 15) is 4.79 Å². The van der Waals surface area contributed by atoms with Crippen LogP contribution in [0, 0.1) is 0 Å². The molecule has 3 rings (SSSR count). The molecule has 1 heterocycles. The highest BCUT2D eigenvalue weighted by molar-refractivity contribution is 6.01. The van der Waals surface area contributed by atoms with Crippen molar-refractivity contribution in [1.29, 1.82) is 0 Å². The number of nitrogens with zero attached hydrogens (tertiary/aromatic N) is 1. The topological polar surface area (TPSA) is 31.2 Å². The van der Waals surface area contributed by atoms with Crippen LogP contribution in [0.5, 0.6) is 0 Å². The van der Waals surface area contributed by atoms with Gasteiger partial charge in [-0.2, -0.15) is 0 Å². The van der Waals surface area contributed by atoms with Crippen molar-refractivity contribution in [2.45, 2.75) is 26.2 Å². The first kappa shape index (κ1) is 13.7. The zero-order valence-corrected chi connectivity index (χ0v) is 12.4. The molecule has 0 saturated heterocycles. The van der Waals surface area contributed by atoms with Gasteiger partial charge in [0.05, 0.1) is 11.1 Å². The molecule has 0 bridgehead atoms. The van der Waals surface area contributed by atoms with Crippen molar-refractivity contribution < 1.29 is 4.84 Å². The molecule has 0 saturated carbocycles. The maximum absolute atomic E-state index is 12.8. The van der Waals surface area contributed by atoms with Gasteiger partial charge in [-0.3, -0.25) is 4.79 Å². The van der Waals surface area contributed by atoms with Crippen LogP contribution in [0.25, 0.3) is 21.9 Å². The fourth-order valence-corrected chi connectivity index (χ4v) is 2.86. The van der Waals surface area contributed by atoms with E-state index in [0.717, 1.165) is 46.9 Å². The first-order valence-corrected chi connectivity index (χ1v) is 7.37. The molecule has 0 unspecified atom stereocenters. The number of unbranched alkanes of at least 4 members (excludes halogenated alkanes) is 1. The highest BCUT2D eigenvalue weighted by atomic mass is 16.6. The Kier molecular flexibility index (Phi) is 3.65. The van der Waals surface area contributed by atoms with Gasteiger partial charge in [-0.15, -0.1) is 4.73 Å². The summed E-state index contributed by atoms with van der Waals surface area (Å²) in [6.07, 6.45) is 2.99. The van der Waals surface area contributed by atoms with Crippen molar-refractivity contribution >= 4 is 10.8 Å². The molecule has 3 heteroatoms. The van der Waals surface area contributed by atoms with Crippen LogP contribution in [0.3, 0.4) is 0 Å². The molecule has 0 aromatic carbocycles. The average Bonchev–Trinajstić information content (AvgIpc) is 2.67. The summed E-state index contributed by atoms with van der Waals surface area (Å²) in [6, 6.07) is 14.1. The molecule has 0 radical (unpaired) electrons. The maximum Gasteiger partial charge on any atom is 0.291 e. The molecule has 2 aliphatic rings. The van der Waals surface area contributed by atoms with Gasteiger partial charge in [0.15, 0.2) is 0 Å². The molecule has 2 aliphatic carbocycles. The SMILES string of the molecule is CCCCc1cc2cc3cccccc-3c2c(=O)n1OC. The van der Waals surface area contributed by atoms with Crippen molar-refractivity contribution in [3.63, 3.8) is 0 Å². The lowest BCUT2D eigenvalue weighted by molar-refractivity contribution is 0.150. The van der Waals surface area contributed by atoms with Crippen LogP contribution < -0.4 is 10.4 Å². The third kappa shape index (κ3) is 2.29. The Morgan fingerprint density at radius 1 is 1.14 bits per heavy atom. The van der Waals surface area contributed by atoms with Gasteiger partial charge in [0, 0.05) is 0 Å². The molecule has 3 nitrogen and oxygen atoms in total. The van der Waals surface area contributed by atoms with Crippen LogP contribution >= 0.6 is 0 Å². The Balaban J connectivity index is 2.32. The fourth-order valence-electron chi connectivity index (χ4n) is 2.86. The lowest BCUT2D eigenvalue weighted by Gasteiger charge is -2.11. The van der Waals surface area contributed by atoms with Crippen LogP contribution in [0.1, 0.15) is 25.5 Å². The van der Waals surface area contributed by atoms with Gasteiger partial charge in [-0.05, 0) is 41.5 Å². The lowest BCUT2D eigenvalue weighted by atomic mass is 10.1. The molecule has 1 aromatic heterocycles. The van der Waals surface area contributed by atoms with Crippen molar-refractivity contribution in [2.24, 2.45) is 0 Å². The molecule has 0 amide bonds. The van der Waals surface area contributed by atoms with E-state index in [1.807, 2.05) is 30.3 Å². The minimum absolute atomic E-state index is 0.0673. The molecule has 0 N–H and O–H groups in total. The van der Waals surface area contributed by atoms with Crippen LogP contribution in [0.4, 0.5) is 0 Å². The Labute approximate surface area is 124 Å². The largest absolute Gasteiger partial charge is 0.414 e. The third-order valence-electron chi connectivity index (χ3n) is 3.89. The van der Waals surface area contributed by atoms with Crippen molar-refractivity contribution in [3.05, 3.63) is 58.5 Å². The Hall–Kier alpha value is -2.29. The van der Waals surface area contributed by atoms with Crippen LogP contribution in [-0.4, -0.2) is 11.8 Å². The van der Waals surface area contributed by atoms with Gasteiger partial charge in [-0.25, -0.2) is 0 Å². The number of fused-ring (bicyclic) bond motifs is 3. The second-order valence-corrected chi connectivity index (χ2v) is 5.28. The van der Waals surface area contributed by atoms with E-state index in [4.69, 9.17) is 4.84 Å². The van der Waals surface area contributed by atoms with Crippen LogP contribution in [0.2, 0.25) is 0 Å². The summed E-state index contributed by atoms with van der Waals surface area (Å²) >= 11 is 0. The molecular formula is C18H19NO2. The average molecular weight is 281 g/mol. The van der Waals surface area contributed by atoms with E-state index >= 15 is 0 Å². The van der Waals surface area contributed by atoms with Gasteiger partial charge in [0.2, 0.25) is 0 Å². The molecule has 0 aliphatic heterocycles. The number of rotatable bonds is 4. The Morgan fingerprint density at radius 2 is 1.95 bits per heavy atom. The number of aryl methyl sites for hydroxylation is 1. The minimum atomic E-state index is -0.0673. The van der Waals surface area contributed by atoms with E-state index in [1.165, 1.54) is 4.73 Å². The zero-order chi connectivity index (χ0) is 14.8. The summed E-state index contributed by atoms with van der Waals surface area (Å²) in [5, 5.41) is 1.74. The van der Waals surface area contributed by atoms with E-state index in [1.54, 1.807) is 7.11 Å². The normalized spacial score (nSPS) is 11.1. The maximum atomic E-state index is 12.8. The summed E-state index contributed by atoms with van der Waals surface area (Å²) in [5.41, 5.74) is 2.94. The zero-order valence-electron chi connectivity index (χ0n) is 12.4. The summed E-state index contributed by atoms with van der Waals surface area (Å²) in [4.78, 5) is 18.1. The number of hydrogen-bond acceptors (Lipinski definition) is 2. The summed E-state index contributed by atoms with van der Waals surface area (Å²) < 4.78 is 1.43. The Morgan fingerprint density at radius 3 is 2.71 bits per heavy atom. The minimum Gasteiger partial charge on any atom is -0.414 e. The number of hydrogen-bond donors (Lipinski definition) is 0. The third-order valence-corrected chi connectivity index (χ3v) is 3.89. The van der Waals surface area contributed by atoms with Gasteiger partial charge in [0.25, 0.3) is 5.56 Å². The lowest BCUT2D eigenvalue weighted by Crippen LogP contribution is -2.28. The Bertz CT molecular complexity index is 804. The summed E-state index contributed by atoms with van der Waals surface area (Å²) in [5.74, 6) is 0. The van der Waals surface area contributed by atoms with Gasteiger partial charge in [-0.1, -0.05) is 43.7 Å². The van der Waals surface area contributed by atoms with E-state index in [-0.39, 0.29) is 5.56 Å². The van der Waals surface area contributed by atoms with E-state index in [2.05, 4.69) is 19.1 Å². The summed E-state index contributed by atoms with van der Waals surface area (Å²) in [7, 11) is 1.55. The molecule has 21 heavy (non-hydrogen) atoms. The first-order valence-electron chi connectivity index (χ1n) is 7.37. The first-order chi connectivity index (χ1) is 10.3. The fraction of sp³-hybridized carbons (Fsp3) is 0.278. The summed E-state index contributed by atoms with van der Waals surface area (Å²) in [6.45, 7) is 2.14. The van der Waals surface area contributed by atoms with Gasteiger partial charge in [0.1, 0.15) is 7.11 Å². The molecule has 0 spiro atoms. The monoisotopic (exact) mass is 281 g/mol. The van der Waals surface area contributed by atoms with Crippen molar-refractivity contribution in [3.8, 4) is 11.1 Å². The second kappa shape index (κ2) is 5.60. The van der Waals surface area contributed by atoms with Gasteiger partial charge < -0.3 is 4.84 Å². The number of aromatic nitrogens is 1. The van der Waals surface area contributed by atoms with Crippen LogP contribution in [0.15, 0.2) is 47.3 Å². The molecule has 108 valence electrons. The van der Waals surface area contributed by atoms with Crippen molar-refractivity contribution in [2.75, 3.05) is 7.11 Å². The molecule has 0 fully saturated rings. The molecule has 1 aromatic rings. The smallest absolute Gasteiger partial charge is 0.291 e. The number of pyridine rings is 1. The van der Waals surface area contributed by atoms with E-state index < -0.39 is 0 Å². The highest BCUT2D eigenvalue weighted by Crippen LogP contribution is 2.31. The standard InChI is InChI=1S/C18H19NO2/c1-3-4-9-15-12-14-11-13-8-6-5-7-10-16(13)17(14)18(20)19(15)21-2/h5-8,10-12H,3-4,9H2,1-2H3. The predicted octanol–water partition coefficient (Wildman–Crippen LogP) is 3.51. The van der Waals surface area contributed by atoms with Crippen LogP contribution in [-0.2, 0) is 6.42 Å². The van der Waals surface area contributed by atoms with E-state index in [0.29, 0.717) is 0 Å². The predicted molar refractivity (Wildman–Crippen MR) is 85.9 cm³/mol. The second-order valence-electron chi connectivity index (χ2n) is 5.28. The van der Waals surface area contributed by atoms with Gasteiger partial charge >= 0.3 is 0 Å². The molecular weight excluding hydrogens is 262 g/mol. The highest BCUT2D eigenvalue weighted by Gasteiger charge is 2.16. The quantitative estimate of drug-likeness (QED) is 0.733. The molecule has 0 atom stereocenters.